The van der Waals surface area contributed by atoms with Crippen molar-refractivity contribution >= 4 is 11.6 Å². The molecule has 104 valence electrons. The molecule has 1 aliphatic heterocycles. The molecule has 0 N–H and O–H groups in total. The molecule has 1 aromatic carbocycles. The van der Waals surface area contributed by atoms with Gasteiger partial charge in [-0.3, -0.25) is 9.69 Å². The van der Waals surface area contributed by atoms with Crippen LogP contribution in [0.3, 0.4) is 0 Å². The molecular weight excluding hydrogens is 244 g/mol. The minimum Gasteiger partial charge on any atom is -0.482 e. The smallest absolute Gasteiger partial charge is 0.264 e. The first kappa shape index (κ1) is 13.8. The van der Waals surface area contributed by atoms with Gasteiger partial charge in [-0.25, -0.2) is 0 Å². The number of carbonyl (C=O) groups excluding carboxylic acids is 1. The number of ether oxygens (including phenoxy) is 2. The van der Waals surface area contributed by atoms with Crippen molar-refractivity contribution in [2.45, 2.75) is 6.42 Å². The van der Waals surface area contributed by atoms with Crippen LogP contribution >= 0.6 is 0 Å². The van der Waals surface area contributed by atoms with Crippen molar-refractivity contribution in [1.29, 1.82) is 0 Å². The van der Waals surface area contributed by atoms with E-state index < -0.39 is 0 Å². The van der Waals surface area contributed by atoms with Gasteiger partial charge in [-0.05, 0) is 31.2 Å². The van der Waals surface area contributed by atoms with Crippen LogP contribution < -0.4 is 9.64 Å². The average Bonchev–Trinajstić information content (AvgIpc) is 2.41. The van der Waals surface area contributed by atoms with Crippen molar-refractivity contribution in [2.24, 2.45) is 0 Å². The van der Waals surface area contributed by atoms with Gasteiger partial charge in [0.1, 0.15) is 5.75 Å². The molecule has 0 bridgehead atoms. The summed E-state index contributed by atoms with van der Waals surface area (Å²) in [4.78, 5) is 15.4. The summed E-state index contributed by atoms with van der Waals surface area (Å²) in [6.07, 6.45) is 0.912. The Labute approximate surface area is 113 Å². The van der Waals surface area contributed by atoms with Crippen molar-refractivity contribution in [1.82, 2.24) is 4.90 Å². The molecule has 2 rings (SSSR count). The number of methoxy groups -OCH3 is 1. The van der Waals surface area contributed by atoms with Crippen LogP contribution in [0.25, 0.3) is 0 Å². The van der Waals surface area contributed by atoms with Gasteiger partial charge >= 0.3 is 0 Å². The molecule has 1 aliphatic rings. The van der Waals surface area contributed by atoms with Gasteiger partial charge in [0.05, 0.1) is 12.4 Å². The number of likely N-dealkylation sites (N-methyl/N-ethyl adjacent to an activating group) is 2. The van der Waals surface area contributed by atoms with E-state index in [2.05, 4.69) is 4.90 Å². The highest BCUT2D eigenvalue weighted by Crippen LogP contribution is 2.32. The fourth-order valence-corrected chi connectivity index (χ4v) is 2.08. The van der Waals surface area contributed by atoms with Crippen molar-refractivity contribution < 1.29 is 14.3 Å². The maximum Gasteiger partial charge on any atom is 0.264 e. The highest BCUT2D eigenvalue weighted by atomic mass is 16.5. The van der Waals surface area contributed by atoms with Crippen LogP contribution in [-0.4, -0.2) is 51.9 Å². The Morgan fingerprint density at radius 2 is 2.26 bits per heavy atom. The highest BCUT2D eigenvalue weighted by molar-refractivity contribution is 5.97. The van der Waals surface area contributed by atoms with E-state index in [1.165, 1.54) is 5.56 Å². The molecule has 5 heteroatoms. The van der Waals surface area contributed by atoms with Gasteiger partial charge in [0, 0.05) is 20.7 Å². The molecule has 0 fully saturated rings. The van der Waals surface area contributed by atoms with E-state index in [1.807, 2.05) is 25.2 Å². The summed E-state index contributed by atoms with van der Waals surface area (Å²) >= 11 is 0. The quantitative estimate of drug-likeness (QED) is 0.747. The third kappa shape index (κ3) is 3.24. The number of amides is 1. The Morgan fingerprint density at radius 1 is 1.47 bits per heavy atom. The molecule has 0 aromatic heterocycles. The maximum atomic E-state index is 11.6. The summed E-state index contributed by atoms with van der Waals surface area (Å²) in [6.45, 7) is 1.65. The second kappa shape index (κ2) is 6.04. The minimum absolute atomic E-state index is 0.0128. The summed E-state index contributed by atoms with van der Waals surface area (Å²) in [5.41, 5.74) is 2.04. The van der Waals surface area contributed by atoms with Crippen LogP contribution in [0.1, 0.15) is 5.56 Å². The van der Waals surface area contributed by atoms with E-state index >= 15 is 0 Å². The van der Waals surface area contributed by atoms with Crippen molar-refractivity contribution in [3.05, 3.63) is 23.8 Å². The van der Waals surface area contributed by atoms with Gasteiger partial charge in [-0.15, -0.1) is 0 Å². The third-order valence-corrected chi connectivity index (χ3v) is 3.24. The summed E-state index contributed by atoms with van der Waals surface area (Å²) < 4.78 is 10.5. The van der Waals surface area contributed by atoms with E-state index in [0.717, 1.165) is 24.4 Å². The average molecular weight is 264 g/mol. The fraction of sp³-hybridized carbons (Fsp3) is 0.500. The van der Waals surface area contributed by atoms with E-state index in [-0.39, 0.29) is 12.5 Å². The molecular formula is C14H20N2O3. The van der Waals surface area contributed by atoms with E-state index in [1.54, 1.807) is 19.1 Å². The molecule has 0 saturated heterocycles. The predicted molar refractivity (Wildman–Crippen MR) is 73.6 cm³/mol. The van der Waals surface area contributed by atoms with Crippen LogP contribution in [-0.2, 0) is 16.0 Å². The number of hydrogen-bond donors (Lipinski definition) is 0. The van der Waals surface area contributed by atoms with Crippen LogP contribution in [0.4, 0.5) is 5.69 Å². The van der Waals surface area contributed by atoms with Crippen LogP contribution in [0.2, 0.25) is 0 Å². The van der Waals surface area contributed by atoms with Crippen molar-refractivity contribution in [3.63, 3.8) is 0 Å². The number of benzene rings is 1. The number of nitrogens with zero attached hydrogens (tertiary/aromatic N) is 2. The Bertz CT molecular complexity index is 462. The normalized spacial score (nSPS) is 14.5. The molecule has 19 heavy (non-hydrogen) atoms. The number of fused-ring (bicyclic) bond motifs is 1. The standard InChI is InChI=1S/C14H20N2O3/c1-15(10-18-3)7-6-11-4-5-13-12(8-11)16(2)14(17)9-19-13/h4-5,8H,6-7,9-10H2,1-3H3. The number of carbonyl (C=O) groups is 1. The summed E-state index contributed by atoms with van der Waals surface area (Å²) in [5.74, 6) is 0.761. The Hall–Kier alpha value is -1.59. The Balaban J connectivity index is 2.06. The lowest BCUT2D eigenvalue weighted by Crippen LogP contribution is -2.35. The minimum atomic E-state index is -0.0128. The Kier molecular flexibility index (Phi) is 4.39. The highest BCUT2D eigenvalue weighted by Gasteiger charge is 2.22. The maximum absolute atomic E-state index is 11.6. The second-order valence-corrected chi connectivity index (χ2v) is 4.79. The molecule has 1 amide bonds. The van der Waals surface area contributed by atoms with Gasteiger partial charge in [0.2, 0.25) is 0 Å². The van der Waals surface area contributed by atoms with Crippen LogP contribution in [0.15, 0.2) is 18.2 Å². The van der Waals surface area contributed by atoms with E-state index in [0.29, 0.717) is 6.73 Å². The molecule has 1 heterocycles. The van der Waals surface area contributed by atoms with Gasteiger partial charge in [-0.1, -0.05) is 6.07 Å². The van der Waals surface area contributed by atoms with E-state index in [9.17, 15) is 4.79 Å². The molecule has 0 spiro atoms. The number of hydrogen-bond acceptors (Lipinski definition) is 4. The zero-order chi connectivity index (χ0) is 13.8. The molecule has 0 saturated carbocycles. The third-order valence-electron chi connectivity index (χ3n) is 3.24. The molecule has 0 unspecified atom stereocenters. The molecule has 5 nitrogen and oxygen atoms in total. The fourth-order valence-electron chi connectivity index (χ4n) is 2.08. The van der Waals surface area contributed by atoms with Crippen LogP contribution in [0.5, 0.6) is 5.75 Å². The second-order valence-electron chi connectivity index (χ2n) is 4.79. The van der Waals surface area contributed by atoms with Crippen molar-refractivity contribution in [3.8, 4) is 5.75 Å². The monoisotopic (exact) mass is 264 g/mol. The largest absolute Gasteiger partial charge is 0.482 e. The van der Waals surface area contributed by atoms with Gasteiger partial charge in [0.25, 0.3) is 5.91 Å². The van der Waals surface area contributed by atoms with E-state index in [4.69, 9.17) is 9.47 Å². The van der Waals surface area contributed by atoms with Gasteiger partial charge in [-0.2, -0.15) is 0 Å². The first-order chi connectivity index (χ1) is 9.11. The molecule has 1 aromatic rings. The summed E-state index contributed by atoms with van der Waals surface area (Å²) in [7, 11) is 5.48. The predicted octanol–water partition coefficient (Wildman–Crippen LogP) is 1.12. The van der Waals surface area contributed by atoms with Crippen LogP contribution in [0, 0.1) is 0 Å². The lowest BCUT2D eigenvalue weighted by atomic mass is 10.1. The number of anilines is 1. The van der Waals surface area contributed by atoms with Gasteiger partial charge in [0.15, 0.2) is 6.61 Å². The topological polar surface area (TPSA) is 42.0 Å². The molecule has 0 radical (unpaired) electrons. The summed E-state index contributed by atoms with van der Waals surface area (Å²) in [6, 6.07) is 6.00. The Morgan fingerprint density at radius 3 is 3.00 bits per heavy atom. The molecule has 0 atom stereocenters. The lowest BCUT2D eigenvalue weighted by Gasteiger charge is -2.26. The number of rotatable bonds is 5. The summed E-state index contributed by atoms with van der Waals surface area (Å²) in [5, 5.41) is 0. The molecule has 0 aliphatic carbocycles. The van der Waals surface area contributed by atoms with Crippen molar-refractivity contribution in [2.75, 3.05) is 46.0 Å². The lowest BCUT2D eigenvalue weighted by molar-refractivity contribution is -0.120. The SMILES string of the molecule is COCN(C)CCc1ccc2c(c1)N(C)C(=O)CO2. The zero-order valence-corrected chi connectivity index (χ0v) is 11.7. The first-order valence-electron chi connectivity index (χ1n) is 6.31. The van der Waals surface area contributed by atoms with Gasteiger partial charge < -0.3 is 14.4 Å². The first-order valence-corrected chi connectivity index (χ1v) is 6.31. The zero-order valence-electron chi connectivity index (χ0n) is 11.7.